The van der Waals surface area contributed by atoms with Gasteiger partial charge in [-0.05, 0) is 56.9 Å². The Hall–Kier alpha value is -3.37. The smallest absolute Gasteiger partial charge is 0.324 e. The van der Waals surface area contributed by atoms with Crippen LogP contribution < -0.4 is 5.56 Å². The van der Waals surface area contributed by atoms with Gasteiger partial charge >= 0.3 is 5.97 Å². The lowest BCUT2D eigenvalue weighted by Crippen LogP contribution is -2.48. The Labute approximate surface area is 197 Å². The maximum absolute atomic E-state index is 13.3. The van der Waals surface area contributed by atoms with Crippen LogP contribution in [0.4, 0.5) is 0 Å². The van der Waals surface area contributed by atoms with Crippen molar-refractivity contribution in [3.63, 3.8) is 0 Å². The highest BCUT2D eigenvalue weighted by Gasteiger charge is 2.38. The number of fused-ring (bicyclic) bond motifs is 1. The lowest BCUT2D eigenvalue weighted by Gasteiger charge is -2.33. The molecule has 0 N–H and O–H groups in total. The molecule has 1 unspecified atom stereocenters. The average molecular weight is 484 g/mol. The number of hydrogen-bond acceptors (Lipinski definition) is 7. The molecule has 1 aliphatic heterocycles. The fourth-order valence-corrected chi connectivity index (χ4v) is 5.70. The van der Waals surface area contributed by atoms with Crippen LogP contribution in [-0.2, 0) is 26.2 Å². The van der Waals surface area contributed by atoms with Crippen molar-refractivity contribution < 1.29 is 22.7 Å². The Morgan fingerprint density at radius 3 is 2.59 bits per heavy atom. The monoisotopic (exact) mass is 483 g/mol. The first-order valence-electron chi connectivity index (χ1n) is 11.0. The minimum absolute atomic E-state index is 0.0110. The van der Waals surface area contributed by atoms with Crippen LogP contribution in [0.15, 0.2) is 58.4 Å². The van der Waals surface area contributed by atoms with Crippen molar-refractivity contribution in [2.75, 3.05) is 6.54 Å². The molecule has 0 saturated carbocycles. The number of pyridine rings is 1. The number of piperidine rings is 1. The van der Waals surface area contributed by atoms with Crippen molar-refractivity contribution in [2.45, 2.75) is 50.7 Å². The molecule has 0 amide bonds. The molecule has 0 spiro atoms. The van der Waals surface area contributed by atoms with Crippen molar-refractivity contribution in [3.8, 4) is 0 Å². The van der Waals surface area contributed by atoms with Gasteiger partial charge in [0.05, 0.1) is 10.6 Å². The zero-order valence-electron chi connectivity index (χ0n) is 18.9. The Kier molecular flexibility index (Phi) is 6.63. The molecule has 2 aromatic heterocycles. The average Bonchev–Trinajstić information content (AvgIpc) is 2.83. The first-order valence-corrected chi connectivity index (χ1v) is 12.4. The normalized spacial score (nSPS) is 16.9. The maximum atomic E-state index is 13.3. The standard InChI is InChI=1S/C24H25N3O6S/c1-16-6-5-12-26-22(29)14-19(25-23(16)26)15-33-24(30)21-7-3-4-13-27(21)34(31,32)20-10-8-18(9-11-20)17(2)28/h5-6,8-12,14,21H,3-4,7,13,15H2,1-2H3. The number of carbonyl (C=O) groups is 2. The van der Waals surface area contributed by atoms with Crippen molar-refractivity contribution in [1.82, 2.24) is 13.7 Å². The third-order valence-electron chi connectivity index (χ3n) is 5.89. The largest absolute Gasteiger partial charge is 0.458 e. The van der Waals surface area contributed by atoms with Crippen LogP contribution in [0.5, 0.6) is 0 Å². The first-order chi connectivity index (χ1) is 16.2. The van der Waals surface area contributed by atoms with E-state index in [1.165, 1.54) is 41.7 Å². The summed E-state index contributed by atoms with van der Waals surface area (Å²) < 4.78 is 34.5. The predicted molar refractivity (Wildman–Crippen MR) is 124 cm³/mol. The van der Waals surface area contributed by atoms with E-state index in [0.29, 0.717) is 30.5 Å². The second-order valence-electron chi connectivity index (χ2n) is 8.29. The van der Waals surface area contributed by atoms with Gasteiger partial charge in [-0.3, -0.25) is 18.8 Å². The van der Waals surface area contributed by atoms with Crippen LogP contribution >= 0.6 is 0 Å². The second kappa shape index (κ2) is 9.47. The molecule has 9 nitrogen and oxygen atoms in total. The summed E-state index contributed by atoms with van der Waals surface area (Å²) in [4.78, 5) is 41.2. The van der Waals surface area contributed by atoms with Crippen molar-refractivity contribution in [3.05, 3.63) is 75.8 Å². The number of rotatable bonds is 6. The summed E-state index contributed by atoms with van der Waals surface area (Å²) in [5.74, 6) is -0.851. The lowest BCUT2D eigenvalue weighted by atomic mass is 10.1. The molecule has 1 fully saturated rings. The Balaban J connectivity index is 1.54. The molecule has 0 bridgehead atoms. The van der Waals surface area contributed by atoms with Crippen LogP contribution in [0, 0.1) is 6.92 Å². The van der Waals surface area contributed by atoms with E-state index in [9.17, 15) is 22.8 Å². The van der Waals surface area contributed by atoms with Gasteiger partial charge in [0.15, 0.2) is 5.78 Å². The summed E-state index contributed by atoms with van der Waals surface area (Å²) in [7, 11) is -3.97. The molecule has 10 heteroatoms. The number of aromatic nitrogens is 2. The van der Waals surface area contributed by atoms with E-state index in [1.807, 2.05) is 13.0 Å². The Bertz CT molecular complexity index is 1410. The highest BCUT2D eigenvalue weighted by molar-refractivity contribution is 7.89. The van der Waals surface area contributed by atoms with Gasteiger partial charge in [-0.25, -0.2) is 13.4 Å². The van der Waals surface area contributed by atoms with E-state index in [4.69, 9.17) is 4.74 Å². The SMILES string of the molecule is CC(=O)c1ccc(S(=O)(=O)N2CCCCC2C(=O)OCc2cc(=O)n3cccc(C)c3n2)cc1. The number of Topliss-reactive ketones (excluding diaryl/α,β-unsaturated/α-hetero) is 1. The van der Waals surface area contributed by atoms with Gasteiger partial charge in [0, 0.05) is 24.4 Å². The number of sulfonamides is 1. The van der Waals surface area contributed by atoms with Gasteiger partial charge in [-0.2, -0.15) is 4.31 Å². The molecule has 3 heterocycles. The number of ether oxygens (including phenoxy) is 1. The summed E-state index contributed by atoms with van der Waals surface area (Å²) in [5.41, 5.74) is 1.67. The van der Waals surface area contributed by atoms with E-state index in [0.717, 1.165) is 9.87 Å². The Morgan fingerprint density at radius 1 is 1.15 bits per heavy atom. The van der Waals surface area contributed by atoms with Gasteiger partial charge in [0.2, 0.25) is 10.0 Å². The minimum Gasteiger partial charge on any atom is -0.458 e. The molecule has 1 atom stereocenters. The number of esters is 1. The number of aryl methyl sites for hydroxylation is 1. The van der Waals surface area contributed by atoms with Crippen LogP contribution in [-0.4, -0.2) is 46.4 Å². The van der Waals surface area contributed by atoms with E-state index >= 15 is 0 Å². The topological polar surface area (TPSA) is 115 Å². The van der Waals surface area contributed by atoms with E-state index in [-0.39, 0.29) is 35.1 Å². The van der Waals surface area contributed by atoms with E-state index in [1.54, 1.807) is 12.3 Å². The number of ketones is 1. The fraction of sp³-hybridized carbons (Fsp3) is 0.333. The van der Waals surface area contributed by atoms with Gasteiger partial charge in [-0.15, -0.1) is 0 Å². The van der Waals surface area contributed by atoms with Crippen LogP contribution in [0.2, 0.25) is 0 Å². The molecular weight excluding hydrogens is 458 g/mol. The second-order valence-corrected chi connectivity index (χ2v) is 10.2. The molecule has 0 radical (unpaired) electrons. The van der Waals surface area contributed by atoms with Gasteiger partial charge in [0.25, 0.3) is 5.56 Å². The van der Waals surface area contributed by atoms with E-state index in [2.05, 4.69) is 4.98 Å². The number of carbonyl (C=O) groups excluding carboxylic acids is 2. The van der Waals surface area contributed by atoms with Crippen LogP contribution in [0.3, 0.4) is 0 Å². The fourth-order valence-electron chi connectivity index (χ4n) is 4.05. The summed E-state index contributed by atoms with van der Waals surface area (Å²) in [5, 5.41) is 0. The zero-order valence-corrected chi connectivity index (χ0v) is 19.7. The molecule has 3 aromatic rings. The van der Waals surface area contributed by atoms with Crippen molar-refractivity contribution in [1.29, 1.82) is 0 Å². The maximum Gasteiger partial charge on any atom is 0.324 e. The number of nitrogens with zero attached hydrogens (tertiary/aromatic N) is 3. The summed E-state index contributed by atoms with van der Waals surface area (Å²) in [6.45, 7) is 3.17. The van der Waals surface area contributed by atoms with Crippen LogP contribution in [0.1, 0.15) is 47.8 Å². The molecule has 178 valence electrons. The molecule has 4 rings (SSSR count). The Morgan fingerprint density at radius 2 is 1.88 bits per heavy atom. The summed E-state index contributed by atoms with van der Waals surface area (Å²) in [6, 6.07) is 9.55. The molecule has 1 aromatic carbocycles. The lowest BCUT2D eigenvalue weighted by molar-refractivity contribution is -0.150. The molecular formula is C24H25N3O6S. The zero-order chi connectivity index (χ0) is 24.5. The van der Waals surface area contributed by atoms with Gasteiger partial charge in [0.1, 0.15) is 18.3 Å². The summed E-state index contributed by atoms with van der Waals surface area (Å²) >= 11 is 0. The van der Waals surface area contributed by atoms with Gasteiger partial charge in [-0.1, -0.05) is 18.2 Å². The minimum atomic E-state index is -3.97. The van der Waals surface area contributed by atoms with Crippen molar-refractivity contribution >= 4 is 27.4 Å². The van der Waals surface area contributed by atoms with Crippen molar-refractivity contribution in [2.24, 2.45) is 0 Å². The third kappa shape index (κ3) is 4.64. The molecule has 34 heavy (non-hydrogen) atoms. The molecule has 1 aliphatic rings. The van der Waals surface area contributed by atoms with E-state index < -0.39 is 22.0 Å². The highest BCUT2D eigenvalue weighted by Crippen LogP contribution is 2.26. The number of benzene rings is 1. The first kappa shape index (κ1) is 23.8. The highest BCUT2D eigenvalue weighted by atomic mass is 32.2. The quantitative estimate of drug-likeness (QED) is 0.391. The molecule has 0 aliphatic carbocycles. The number of hydrogen-bond donors (Lipinski definition) is 0. The predicted octanol–water partition coefficient (Wildman–Crippen LogP) is 2.49. The third-order valence-corrected chi connectivity index (χ3v) is 7.82. The van der Waals surface area contributed by atoms with Crippen LogP contribution in [0.25, 0.3) is 5.65 Å². The van der Waals surface area contributed by atoms with Gasteiger partial charge < -0.3 is 4.74 Å². The molecule has 1 saturated heterocycles. The summed E-state index contributed by atoms with van der Waals surface area (Å²) in [6.07, 6.45) is 3.25.